The van der Waals surface area contributed by atoms with E-state index in [9.17, 15) is 4.79 Å². The monoisotopic (exact) mass is 325 g/mol. The van der Waals surface area contributed by atoms with Gasteiger partial charge in [-0.1, -0.05) is 0 Å². The number of hydrogen-bond donors (Lipinski definition) is 0. The van der Waals surface area contributed by atoms with Gasteiger partial charge in [0.1, 0.15) is 24.7 Å². The van der Waals surface area contributed by atoms with Crippen LogP contribution in [0.2, 0.25) is 0 Å². The highest BCUT2D eigenvalue weighted by Gasteiger charge is 2.17. The molecular weight excluding hydrogens is 310 g/mol. The van der Waals surface area contributed by atoms with E-state index in [1.54, 1.807) is 18.2 Å². The zero-order chi connectivity index (χ0) is 14.8. The number of nitrogens with zero attached hydrogens (tertiary/aromatic N) is 1. The summed E-state index contributed by atoms with van der Waals surface area (Å²) in [6, 6.07) is 5.08. The molecule has 0 aliphatic carbocycles. The van der Waals surface area contributed by atoms with Crippen LogP contribution in [0.15, 0.2) is 35.1 Å². The van der Waals surface area contributed by atoms with E-state index >= 15 is 0 Å². The van der Waals surface area contributed by atoms with E-state index in [0.717, 1.165) is 5.39 Å². The maximum atomic E-state index is 11.9. The van der Waals surface area contributed by atoms with Crippen molar-refractivity contribution in [2.75, 3.05) is 27.2 Å². The largest absolute Gasteiger partial charge is 0.458 e. The minimum atomic E-state index is -0.481. The predicted octanol–water partition coefficient (Wildman–Crippen LogP) is 2.82. The summed E-state index contributed by atoms with van der Waals surface area (Å²) in [6.07, 6.45) is 2.89. The van der Waals surface area contributed by atoms with Crippen LogP contribution in [0.1, 0.15) is 10.6 Å². The third kappa shape index (κ3) is 3.35. The molecule has 0 amide bonds. The summed E-state index contributed by atoms with van der Waals surface area (Å²) in [6.45, 7) is 0.975. The first-order valence-corrected chi connectivity index (χ1v) is 6.51. The minimum Gasteiger partial charge on any atom is -0.458 e. The van der Waals surface area contributed by atoms with Crippen molar-refractivity contribution in [3.8, 4) is 11.5 Å². The van der Waals surface area contributed by atoms with Crippen molar-refractivity contribution >= 4 is 29.3 Å². The number of fused-ring (bicyclic) bond motifs is 2. The van der Waals surface area contributed by atoms with Crippen molar-refractivity contribution in [1.29, 1.82) is 0 Å². The third-order valence-electron chi connectivity index (χ3n) is 3.00. The maximum Gasteiger partial charge on any atom is 0.374 e. The molecule has 0 bridgehead atoms. The van der Waals surface area contributed by atoms with Crippen molar-refractivity contribution in [1.82, 2.24) is 4.90 Å². The summed E-state index contributed by atoms with van der Waals surface area (Å²) in [5.74, 6) is 0.815. The summed E-state index contributed by atoms with van der Waals surface area (Å²) in [7, 11) is 3.82. The number of likely N-dealkylation sites (N-methyl/N-ethyl adjacent to an activating group) is 1. The van der Waals surface area contributed by atoms with Crippen LogP contribution in [0.25, 0.3) is 11.0 Å². The fourth-order valence-electron chi connectivity index (χ4n) is 1.93. The average molecular weight is 326 g/mol. The number of hydrogen-bond acceptors (Lipinski definition) is 6. The number of carbonyl (C=O) groups is 1. The van der Waals surface area contributed by atoms with Crippen LogP contribution in [-0.2, 0) is 4.74 Å². The van der Waals surface area contributed by atoms with Crippen molar-refractivity contribution in [3.05, 3.63) is 36.5 Å². The Bertz CT molecular complexity index is 662. The van der Waals surface area contributed by atoms with Gasteiger partial charge in [0.2, 0.25) is 5.76 Å². The SMILES string of the molecule is CN(C)CCOC(=O)c1cc2cc3c(cc2o1)OC=CO3.Cl. The quantitative estimate of drug-likeness (QED) is 0.806. The van der Waals surface area contributed by atoms with E-state index < -0.39 is 5.97 Å². The van der Waals surface area contributed by atoms with Crippen molar-refractivity contribution in [3.63, 3.8) is 0 Å². The molecule has 3 rings (SSSR count). The minimum absolute atomic E-state index is 0. The predicted molar refractivity (Wildman–Crippen MR) is 82.7 cm³/mol. The molecule has 0 N–H and O–H groups in total. The Hall–Kier alpha value is -2.18. The van der Waals surface area contributed by atoms with E-state index in [1.165, 1.54) is 12.5 Å². The molecule has 2 aromatic rings. The molecule has 2 heterocycles. The molecule has 0 fully saturated rings. The molecular formula is C15H16ClNO5. The smallest absolute Gasteiger partial charge is 0.374 e. The van der Waals surface area contributed by atoms with E-state index in [0.29, 0.717) is 30.2 Å². The second-order valence-corrected chi connectivity index (χ2v) is 4.89. The van der Waals surface area contributed by atoms with Gasteiger partial charge in [-0.05, 0) is 26.2 Å². The molecule has 0 spiro atoms. The lowest BCUT2D eigenvalue weighted by molar-refractivity contribution is 0.0448. The zero-order valence-electron chi connectivity index (χ0n) is 12.2. The van der Waals surface area contributed by atoms with E-state index in [1.807, 2.05) is 19.0 Å². The van der Waals surface area contributed by atoms with Crippen LogP contribution in [-0.4, -0.2) is 38.1 Å². The Balaban J connectivity index is 0.00000176. The summed E-state index contributed by atoms with van der Waals surface area (Å²) >= 11 is 0. The van der Waals surface area contributed by atoms with Gasteiger partial charge >= 0.3 is 5.97 Å². The number of ether oxygens (including phenoxy) is 3. The van der Waals surface area contributed by atoms with Crippen LogP contribution in [0, 0.1) is 0 Å². The molecule has 0 saturated carbocycles. The van der Waals surface area contributed by atoms with E-state index in [-0.39, 0.29) is 18.2 Å². The van der Waals surface area contributed by atoms with Crippen LogP contribution < -0.4 is 9.47 Å². The first-order valence-electron chi connectivity index (χ1n) is 6.51. The molecule has 0 radical (unpaired) electrons. The average Bonchev–Trinajstić information content (AvgIpc) is 2.87. The Morgan fingerprint density at radius 3 is 2.50 bits per heavy atom. The van der Waals surface area contributed by atoms with E-state index in [4.69, 9.17) is 18.6 Å². The highest BCUT2D eigenvalue weighted by atomic mass is 35.5. The molecule has 0 unspecified atom stereocenters. The molecule has 0 atom stereocenters. The van der Waals surface area contributed by atoms with Gasteiger partial charge in [0.25, 0.3) is 0 Å². The number of furan rings is 1. The maximum absolute atomic E-state index is 11.9. The van der Waals surface area contributed by atoms with Crippen LogP contribution >= 0.6 is 12.4 Å². The fraction of sp³-hybridized carbons (Fsp3) is 0.267. The summed E-state index contributed by atoms with van der Waals surface area (Å²) in [5, 5.41) is 0.757. The first-order chi connectivity index (χ1) is 10.1. The summed E-state index contributed by atoms with van der Waals surface area (Å²) < 4.78 is 21.3. The Morgan fingerprint density at radius 1 is 1.14 bits per heavy atom. The standard InChI is InChI=1S/C15H15NO5.ClH/c1-16(2)3-4-20-15(17)14-8-10-7-12-13(9-11(10)21-14)19-6-5-18-12;/h5-9H,3-4H2,1-2H3;1H. The van der Waals surface area contributed by atoms with Crippen LogP contribution in [0.3, 0.4) is 0 Å². The lowest BCUT2D eigenvalue weighted by Crippen LogP contribution is -2.19. The van der Waals surface area contributed by atoms with Gasteiger partial charge in [0.15, 0.2) is 11.5 Å². The van der Waals surface area contributed by atoms with Gasteiger partial charge in [-0.3, -0.25) is 0 Å². The van der Waals surface area contributed by atoms with Crippen molar-refractivity contribution in [2.45, 2.75) is 0 Å². The highest BCUT2D eigenvalue weighted by molar-refractivity contribution is 5.93. The third-order valence-corrected chi connectivity index (χ3v) is 3.00. The Morgan fingerprint density at radius 2 is 1.82 bits per heavy atom. The molecule has 1 aliphatic heterocycles. The second-order valence-electron chi connectivity index (χ2n) is 4.89. The number of benzene rings is 1. The topological polar surface area (TPSA) is 61.1 Å². The molecule has 6 nitrogen and oxygen atoms in total. The molecule has 22 heavy (non-hydrogen) atoms. The number of halogens is 1. The molecule has 1 aromatic heterocycles. The number of rotatable bonds is 4. The van der Waals surface area contributed by atoms with Crippen LogP contribution in [0.4, 0.5) is 0 Å². The molecule has 0 saturated heterocycles. The highest BCUT2D eigenvalue weighted by Crippen LogP contribution is 2.36. The first kappa shape index (κ1) is 16.2. The molecule has 118 valence electrons. The molecule has 7 heteroatoms. The van der Waals surface area contributed by atoms with Gasteiger partial charge in [0, 0.05) is 18.0 Å². The van der Waals surface area contributed by atoms with Gasteiger partial charge in [-0.2, -0.15) is 0 Å². The number of esters is 1. The van der Waals surface area contributed by atoms with Crippen molar-refractivity contribution < 1.29 is 23.4 Å². The lowest BCUT2D eigenvalue weighted by Gasteiger charge is -2.11. The summed E-state index contributed by atoms with van der Waals surface area (Å²) in [4.78, 5) is 13.8. The van der Waals surface area contributed by atoms with E-state index in [2.05, 4.69) is 0 Å². The van der Waals surface area contributed by atoms with Gasteiger partial charge < -0.3 is 23.5 Å². The van der Waals surface area contributed by atoms with Gasteiger partial charge in [-0.15, -0.1) is 12.4 Å². The summed E-state index contributed by atoms with van der Waals surface area (Å²) in [5.41, 5.74) is 0.548. The Kier molecular flexibility index (Phi) is 4.95. The molecule has 1 aromatic carbocycles. The molecule has 1 aliphatic rings. The lowest BCUT2D eigenvalue weighted by atomic mass is 10.2. The van der Waals surface area contributed by atoms with Gasteiger partial charge in [0.05, 0.1) is 0 Å². The Labute approximate surface area is 133 Å². The van der Waals surface area contributed by atoms with Gasteiger partial charge in [-0.25, -0.2) is 4.79 Å². The zero-order valence-corrected chi connectivity index (χ0v) is 13.0. The fourth-order valence-corrected chi connectivity index (χ4v) is 1.93. The second kappa shape index (κ2) is 6.72. The number of carbonyl (C=O) groups excluding carboxylic acids is 1. The van der Waals surface area contributed by atoms with Crippen molar-refractivity contribution in [2.24, 2.45) is 0 Å². The normalized spacial score (nSPS) is 12.3. The van der Waals surface area contributed by atoms with Crippen LogP contribution in [0.5, 0.6) is 11.5 Å².